The molecule has 0 spiro atoms. The van der Waals surface area contributed by atoms with E-state index in [1.54, 1.807) is 4.57 Å². The van der Waals surface area contributed by atoms with Crippen LogP contribution in [-0.2, 0) is 11.3 Å². The van der Waals surface area contributed by atoms with Gasteiger partial charge in [0.15, 0.2) is 0 Å². The molecule has 0 aliphatic carbocycles. The van der Waals surface area contributed by atoms with Crippen molar-refractivity contribution in [3.05, 3.63) is 41.2 Å². The number of nitrogens with zero attached hydrogens (tertiary/aromatic N) is 3. The minimum Gasteiger partial charge on any atom is -0.418 e. The maximum absolute atomic E-state index is 14.0. The summed E-state index contributed by atoms with van der Waals surface area (Å²) in [6.07, 6.45) is 1.23. The van der Waals surface area contributed by atoms with E-state index in [0.717, 1.165) is 0 Å². The van der Waals surface area contributed by atoms with Gasteiger partial charge in [-0.15, -0.1) is 0 Å². The summed E-state index contributed by atoms with van der Waals surface area (Å²) in [6, 6.07) is -0.198. The number of benzene rings is 1. The number of ether oxygens (including phenoxy) is 1. The Hall–Kier alpha value is -2.25. The highest BCUT2D eigenvalue weighted by Crippen LogP contribution is 2.30. The smallest absolute Gasteiger partial charge is 0.418 e. The Kier molecular flexibility index (Phi) is 6.26. The Balaban J connectivity index is 0.000000537. The summed E-state index contributed by atoms with van der Waals surface area (Å²) in [5.41, 5.74) is -1.37. The van der Waals surface area contributed by atoms with Gasteiger partial charge in [0, 0.05) is 5.10 Å². The standard InChI is InChI=1S/C15H15F5N3O.BF4/c1-15(2,3)7-4-24-5-8-21-23(6-22(7)8)14-12(19)10(17)9(16)11(18)13(14)20;2-1(3,4)5/h6-7H,4-5H2,1-3H3;/q+1;-1. The first-order chi connectivity index (χ1) is 13.1. The monoisotopic (exact) mass is 435 g/mol. The van der Waals surface area contributed by atoms with Gasteiger partial charge in [0.25, 0.3) is 0 Å². The Morgan fingerprint density at radius 1 is 0.966 bits per heavy atom. The van der Waals surface area contributed by atoms with E-state index in [2.05, 4.69) is 5.10 Å². The summed E-state index contributed by atoms with van der Waals surface area (Å²) in [5.74, 6) is -9.74. The van der Waals surface area contributed by atoms with Crippen molar-refractivity contribution in [2.24, 2.45) is 5.41 Å². The molecule has 0 bridgehead atoms. The Labute approximate surface area is 159 Å². The highest BCUT2D eigenvalue weighted by Gasteiger charge is 2.39. The van der Waals surface area contributed by atoms with Crippen molar-refractivity contribution in [2.45, 2.75) is 33.4 Å². The molecule has 4 nitrogen and oxygen atoms in total. The second kappa shape index (κ2) is 7.88. The maximum atomic E-state index is 14.0. The van der Waals surface area contributed by atoms with Gasteiger partial charge < -0.3 is 22.0 Å². The zero-order valence-electron chi connectivity index (χ0n) is 15.3. The van der Waals surface area contributed by atoms with Crippen molar-refractivity contribution in [3.63, 3.8) is 0 Å². The molecule has 0 saturated heterocycles. The SMILES string of the molecule is CC(C)(C)C1COCc2nn(-c3c(F)c(F)c(F)c(F)c3F)c[n+]21.F[B-](F)(F)F. The Bertz CT molecular complexity index is 873. The molecule has 1 unspecified atom stereocenters. The molecule has 1 aromatic carbocycles. The van der Waals surface area contributed by atoms with E-state index >= 15 is 0 Å². The molecule has 1 atom stereocenters. The number of halogens is 9. The fourth-order valence-corrected chi connectivity index (χ4v) is 2.66. The topological polar surface area (TPSA) is 30.9 Å². The van der Waals surface area contributed by atoms with E-state index < -0.39 is 42.0 Å². The quantitative estimate of drug-likeness (QED) is 0.220. The van der Waals surface area contributed by atoms with Crippen molar-refractivity contribution in [1.29, 1.82) is 0 Å². The van der Waals surface area contributed by atoms with Crippen LogP contribution in [0.1, 0.15) is 32.6 Å². The van der Waals surface area contributed by atoms with Crippen molar-refractivity contribution in [1.82, 2.24) is 9.78 Å². The van der Waals surface area contributed by atoms with E-state index in [0.29, 0.717) is 17.1 Å². The number of rotatable bonds is 1. The molecule has 162 valence electrons. The van der Waals surface area contributed by atoms with E-state index in [1.807, 2.05) is 20.8 Å². The Morgan fingerprint density at radius 3 is 1.86 bits per heavy atom. The van der Waals surface area contributed by atoms with Crippen molar-refractivity contribution in [3.8, 4) is 5.69 Å². The summed E-state index contributed by atoms with van der Waals surface area (Å²) >= 11 is 0. The first-order valence-electron chi connectivity index (χ1n) is 8.09. The molecule has 1 aliphatic heterocycles. The molecule has 2 heterocycles. The van der Waals surface area contributed by atoms with Crippen LogP contribution < -0.4 is 4.57 Å². The largest absolute Gasteiger partial charge is 0.673 e. The summed E-state index contributed by atoms with van der Waals surface area (Å²) < 4.78 is 115. The third-order valence-electron chi connectivity index (χ3n) is 4.01. The third kappa shape index (κ3) is 5.03. The minimum atomic E-state index is -6.00. The van der Waals surface area contributed by atoms with Crippen LogP contribution in [0.25, 0.3) is 5.69 Å². The van der Waals surface area contributed by atoms with Gasteiger partial charge in [-0.2, -0.15) is 8.78 Å². The first-order valence-corrected chi connectivity index (χ1v) is 8.09. The molecule has 0 fully saturated rings. The molecular formula is C15H15BF9N3O. The molecule has 0 amide bonds. The van der Waals surface area contributed by atoms with Crippen LogP contribution in [0.15, 0.2) is 6.33 Å². The van der Waals surface area contributed by atoms with Crippen LogP contribution in [0, 0.1) is 34.5 Å². The summed E-state index contributed by atoms with van der Waals surface area (Å²) in [7, 11) is -6.00. The summed E-state index contributed by atoms with van der Waals surface area (Å²) in [5, 5.41) is 3.94. The lowest BCUT2D eigenvalue weighted by Crippen LogP contribution is -2.53. The second-order valence-corrected chi connectivity index (χ2v) is 7.19. The van der Waals surface area contributed by atoms with Crippen LogP contribution in [0.2, 0.25) is 0 Å². The lowest BCUT2D eigenvalue weighted by atomic mass is 9.86. The maximum Gasteiger partial charge on any atom is 0.673 e. The molecule has 0 radical (unpaired) electrons. The van der Waals surface area contributed by atoms with Crippen LogP contribution in [0.4, 0.5) is 39.2 Å². The molecule has 2 aromatic rings. The molecule has 14 heteroatoms. The molecule has 1 aliphatic rings. The fraction of sp³-hybridized carbons (Fsp3) is 0.467. The van der Waals surface area contributed by atoms with Gasteiger partial charge in [-0.25, -0.2) is 17.7 Å². The van der Waals surface area contributed by atoms with Crippen LogP contribution in [-0.4, -0.2) is 23.6 Å². The predicted molar refractivity (Wildman–Crippen MR) is 81.9 cm³/mol. The average molecular weight is 435 g/mol. The first kappa shape index (κ1) is 23.0. The third-order valence-corrected chi connectivity index (χ3v) is 4.01. The summed E-state index contributed by atoms with van der Waals surface area (Å²) in [6.45, 7) is 6.26. The molecule has 0 saturated carbocycles. The van der Waals surface area contributed by atoms with Gasteiger partial charge in [0.1, 0.15) is 12.6 Å². The molecule has 3 rings (SSSR count). The van der Waals surface area contributed by atoms with Gasteiger partial charge in [-0.1, -0.05) is 25.5 Å². The Morgan fingerprint density at radius 2 is 1.41 bits per heavy atom. The van der Waals surface area contributed by atoms with Gasteiger partial charge in [0.05, 0.1) is 6.61 Å². The van der Waals surface area contributed by atoms with Crippen LogP contribution in [0.3, 0.4) is 0 Å². The second-order valence-electron chi connectivity index (χ2n) is 7.19. The van der Waals surface area contributed by atoms with Crippen molar-refractivity contribution in [2.75, 3.05) is 6.61 Å². The normalized spacial score (nSPS) is 16.9. The van der Waals surface area contributed by atoms with E-state index in [-0.39, 0.29) is 18.1 Å². The van der Waals surface area contributed by atoms with Gasteiger partial charge in [0.2, 0.25) is 41.1 Å². The number of hydrogen-bond acceptors (Lipinski definition) is 2. The number of hydrogen-bond donors (Lipinski definition) is 0. The lowest BCUT2D eigenvalue weighted by Gasteiger charge is -2.31. The van der Waals surface area contributed by atoms with Crippen molar-refractivity contribution < 1.29 is 48.5 Å². The highest BCUT2D eigenvalue weighted by atomic mass is 19.5. The molecule has 0 N–H and O–H groups in total. The van der Waals surface area contributed by atoms with E-state index in [9.17, 15) is 39.2 Å². The zero-order chi connectivity index (χ0) is 22.3. The molecular weight excluding hydrogens is 420 g/mol. The van der Waals surface area contributed by atoms with E-state index in [4.69, 9.17) is 4.74 Å². The fourth-order valence-electron chi connectivity index (χ4n) is 2.66. The highest BCUT2D eigenvalue weighted by molar-refractivity contribution is 6.50. The van der Waals surface area contributed by atoms with Crippen molar-refractivity contribution >= 4 is 7.25 Å². The average Bonchev–Trinajstić information content (AvgIpc) is 2.99. The molecule has 29 heavy (non-hydrogen) atoms. The molecule has 1 aromatic heterocycles. The van der Waals surface area contributed by atoms with Gasteiger partial charge >= 0.3 is 13.1 Å². The summed E-state index contributed by atoms with van der Waals surface area (Å²) in [4.78, 5) is 0. The minimum absolute atomic E-state index is 0.0784. The number of fused-ring (bicyclic) bond motifs is 1. The van der Waals surface area contributed by atoms with Crippen LogP contribution >= 0.6 is 0 Å². The predicted octanol–water partition coefficient (Wildman–Crippen LogP) is 4.27. The van der Waals surface area contributed by atoms with Gasteiger partial charge in [-0.3, -0.25) is 0 Å². The van der Waals surface area contributed by atoms with E-state index in [1.165, 1.54) is 6.33 Å². The van der Waals surface area contributed by atoms with Gasteiger partial charge in [-0.05, 0) is 5.41 Å². The van der Waals surface area contributed by atoms with Crippen LogP contribution in [0.5, 0.6) is 0 Å². The zero-order valence-corrected chi connectivity index (χ0v) is 15.3. The lowest BCUT2D eigenvalue weighted by molar-refractivity contribution is -0.755. The number of aromatic nitrogens is 3.